The van der Waals surface area contributed by atoms with Crippen LogP contribution < -0.4 is 18.9 Å². The molecule has 300 valence electrons. The van der Waals surface area contributed by atoms with Crippen LogP contribution in [0.1, 0.15) is 158 Å². The molecule has 0 aromatic heterocycles. The number of rotatable bonds is 28. The Kier molecular flexibility index (Phi) is 19.1. The monoisotopic (exact) mass is 741 g/mol. The number of unbranched alkanes of at least 4 members (excludes halogenated alkanes) is 4. The number of fused-ring (bicyclic) bond motifs is 6. The van der Waals surface area contributed by atoms with E-state index in [0.29, 0.717) is 50.1 Å². The second-order valence-electron chi connectivity index (χ2n) is 16.1. The first-order valence-corrected chi connectivity index (χ1v) is 22.4. The maximum absolute atomic E-state index is 6.82. The normalized spacial score (nSPS) is 14.0. The summed E-state index contributed by atoms with van der Waals surface area (Å²) in [6, 6.07) is 17.9. The van der Waals surface area contributed by atoms with Gasteiger partial charge in [-0.25, -0.2) is 0 Å². The van der Waals surface area contributed by atoms with Gasteiger partial charge in [0.05, 0.1) is 26.4 Å². The fourth-order valence-electron chi connectivity index (χ4n) is 7.84. The Balaban J connectivity index is 1.89. The molecule has 4 atom stereocenters. The van der Waals surface area contributed by atoms with Crippen molar-refractivity contribution in [3.8, 4) is 23.0 Å². The molecule has 0 bridgehead atoms. The molecule has 4 heteroatoms. The van der Waals surface area contributed by atoms with E-state index >= 15 is 0 Å². The van der Waals surface area contributed by atoms with Gasteiger partial charge in [0.15, 0.2) is 23.0 Å². The highest BCUT2D eigenvalue weighted by Crippen LogP contribution is 2.45. The van der Waals surface area contributed by atoms with Crippen LogP contribution in [0.25, 0.3) is 32.3 Å². The van der Waals surface area contributed by atoms with E-state index in [9.17, 15) is 0 Å². The lowest BCUT2D eigenvalue weighted by atomic mass is 9.93. The van der Waals surface area contributed by atoms with Crippen molar-refractivity contribution in [1.82, 2.24) is 0 Å². The summed E-state index contributed by atoms with van der Waals surface area (Å²) in [5.74, 6) is 5.56. The Hall–Kier alpha value is -3.14. The molecule has 0 spiro atoms. The zero-order valence-electron chi connectivity index (χ0n) is 35.7. The van der Waals surface area contributed by atoms with Crippen LogP contribution in [0, 0.1) is 23.7 Å². The van der Waals surface area contributed by atoms with Crippen LogP contribution in [0.3, 0.4) is 0 Å². The van der Waals surface area contributed by atoms with Gasteiger partial charge in [0.1, 0.15) is 0 Å². The van der Waals surface area contributed by atoms with Crippen molar-refractivity contribution in [3.63, 3.8) is 0 Å². The van der Waals surface area contributed by atoms with E-state index in [2.05, 4.69) is 104 Å². The predicted octanol–water partition coefficient (Wildman–Crippen LogP) is 15.5. The summed E-state index contributed by atoms with van der Waals surface area (Å²) >= 11 is 0. The van der Waals surface area contributed by atoms with Gasteiger partial charge in [0.2, 0.25) is 0 Å². The first-order valence-electron chi connectivity index (χ1n) is 22.4. The van der Waals surface area contributed by atoms with Gasteiger partial charge in [-0.2, -0.15) is 0 Å². The van der Waals surface area contributed by atoms with Gasteiger partial charge in [-0.15, -0.1) is 0 Å². The molecular formula is C50H76O4. The van der Waals surface area contributed by atoms with Crippen LogP contribution in [0.2, 0.25) is 0 Å². The van der Waals surface area contributed by atoms with Crippen molar-refractivity contribution >= 4 is 32.3 Å². The second-order valence-corrected chi connectivity index (χ2v) is 16.1. The van der Waals surface area contributed by atoms with Gasteiger partial charge in [-0.3, -0.25) is 0 Å². The molecule has 0 saturated heterocycles. The lowest BCUT2D eigenvalue weighted by Gasteiger charge is -2.23. The molecule has 4 aromatic carbocycles. The maximum atomic E-state index is 6.82. The van der Waals surface area contributed by atoms with E-state index < -0.39 is 0 Å². The van der Waals surface area contributed by atoms with Crippen molar-refractivity contribution < 1.29 is 18.9 Å². The van der Waals surface area contributed by atoms with E-state index in [0.717, 1.165) is 48.7 Å². The molecule has 0 saturated carbocycles. The van der Waals surface area contributed by atoms with Crippen LogP contribution in [-0.4, -0.2) is 26.4 Å². The van der Waals surface area contributed by atoms with Gasteiger partial charge in [-0.1, -0.05) is 157 Å². The molecule has 0 radical (unpaired) electrons. The Labute approximate surface area is 330 Å². The lowest BCUT2D eigenvalue weighted by Crippen LogP contribution is -2.14. The molecule has 4 aromatic rings. The maximum Gasteiger partial charge on any atom is 0.161 e. The highest BCUT2D eigenvalue weighted by atomic mass is 16.5. The number of hydrogen-bond donors (Lipinski definition) is 0. The summed E-state index contributed by atoms with van der Waals surface area (Å²) in [5.41, 5.74) is 0. The molecule has 0 aliphatic carbocycles. The van der Waals surface area contributed by atoms with Gasteiger partial charge in [0, 0.05) is 0 Å². The highest BCUT2D eigenvalue weighted by Gasteiger charge is 2.21. The highest BCUT2D eigenvalue weighted by molar-refractivity contribution is 6.26. The number of ether oxygens (including phenoxy) is 4. The molecule has 4 nitrogen and oxygen atoms in total. The van der Waals surface area contributed by atoms with Gasteiger partial charge >= 0.3 is 0 Å². The minimum absolute atomic E-state index is 0.526. The Bertz CT molecular complexity index is 1540. The third-order valence-electron chi connectivity index (χ3n) is 12.0. The molecule has 54 heavy (non-hydrogen) atoms. The zero-order chi connectivity index (χ0) is 38.7. The summed E-state index contributed by atoms with van der Waals surface area (Å²) in [4.78, 5) is 0. The van der Waals surface area contributed by atoms with Gasteiger partial charge < -0.3 is 18.9 Å². The number of benzene rings is 4. The molecule has 0 amide bonds. The minimum atomic E-state index is 0.526. The first kappa shape index (κ1) is 43.6. The van der Waals surface area contributed by atoms with Gasteiger partial charge in [-0.05, 0) is 106 Å². The average Bonchev–Trinajstić information content (AvgIpc) is 3.21. The SMILES string of the molecule is CCCCC(CC)COc1cc2c3ccccc3c3cc(OCC(CC)CCCC)c(OCC(CC)CCCC)cc3c2cc1OCC(CC)CCCC. The fourth-order valence-corrected chi connectivity index (χ4v) is 7.84. The zero-order valence-corrected chi connectivity index (χ0v) is 35.7. The average molecular weight is 741 g/mol. The molecule has 0 aliphatic heterocycles. The Morgan fingerprint density at radius 3 is 0.815 bits per heavy atom. The molecule has 4 unspecified atom stereocenters. The van der Waals surface area contributed by atoms with E-state index in [-0.39, 0.29) is 0 Å². The second kappa shape index (κ2) is 23.7. The van der Waals surface area contributed by atoms with Crippen molar-refractivity contribution in [3.05, 3.63) is 48.5 Å². The predicted molar refractivity (Wildman–Crippen MR) is 234 cm³/mol. The molecule has 0 N–H and O–H groups in total. The van der Waals surface area contributed by atoms with Crippen LogP contribution in [-0.2, 0) is 0 Å². The summed E-state index contributed by atoms with van der Waals surface area (Å²) in [7, 11) is 0. The summed E-state index contributed by atoms with van der Waals surface area (Å²) < 4.78 is 27.2. The van der Waals surface area contributed by atoms with Crippen LogP contribution in [0.4, 0.5) is 0 Å². The topological polar surface area (TPSA) is 36.9 Å². The third-order valence-corrected chi connectivity index (χ3v) is 12.0. The van der Waals surface area contributed by atoms with E-state index in [1.54, 1.807) is 0 Å². The van der Waals surface area contributed by atoms with E-state index in [1.165, 1.54) is 109 Å². The largest absolute Gasteiger partial charge is 0.489 e. The molecule has 0 aliphatic rings. The first-order chi connectivity index (χ1) is 26.4. The van der Waals surface area contributed by atoms with Crippen LogP contribution in [0.15, 0.2) is 48.5 Å². The summed E-state index contributed by atoms with van der Waals surface area (Å²) in [6.07, 6.45) is 19.0. The number of hydrogen-bond acceptors (Lipinski definition) is 4. The lowest BCUT2D eigenvalue weighted by molar-refractivity contribution is 0.199. The van der Waals surface area contributed by atoms with Crippen molar-refractivity contribution in [2.45, 2.75) is 158 Å². The summed E-state index contributed by atoms with van der Waals surface area (Å²) in [6.45, 7) is 21.1. The van der Waals surface area contributed by atoms with Crippen LogP contribution in [0.5, 0.6) is 23.0 Å². The quantitative estimate of drug-likeness (QED) is 0.0543. The van der Waals surface area contributed by atoms with E-state index in [1.807, 2.05) is 0 Å². The molecule has 4 rings (SSSR count). The third kappa shape index (κ3) is 12.2. The van der Waals surface area contributed by atoms with Crippen molar-refractivity contribution in [1.29, 1.82) is 0 Å². The Morgan fingerprint density at radius 1 is 0.352 bits per heavy atom. The van der Waals surface area contributed by atoms with Crippen molar-refractivity contribution in [2.24, 2.45) is 23.7 Å². The summed E-state index contributed by atoms with van der Waals surface area (Å²) in [5, 5.41) is 7.19. The van der Waals surface area contributed by atoms with E-state index in [4.69, 9.17) is 18.9 Å². The van der Waals surface area contributed by atoms with Crippen LogP contribution >= 0.6 is 0 Å². The molecule has 0 heterocycles. The standard InChI is InChI=1S/C50H76O4/c1-9-17-23-37(13-5)33-51-47-29-43-41-27-21-22-28-42(41)44-30-48(52-34-38(14-6)24-18-10-2)50(54-36-40(16-8)26-20-12-4)32-46(44)45(43)31-49(47)53-35-39(15-7)25-19-11-3/h21-22,27-32,37-40H,9-20,23-26,33-36H2,1-8H3. The smallest absolute Gasteiger partial charge is 0.161 e. The van der Waals surface area contributed by atoms with Crippen molar-refractivity contribution in [2.75, 3.05) is 26.4 Å². The Morgan fingerprint density at radius 2 is 0.593 bits per heavy atom. The van der Waals surface area contributed by atoms with Gasteiger partial charge in [0.25, 0.3) is 0 Å². The minimum Gasteiger partial charge on any atom is -0.489 e. The molecular weight excluding hydrogens is 665 g/mol. The molecule has 0 fully saturated rings. The fraction of sp³-hybridized carbons (Fsp3) is 0.640.